The van der Waals surface area contributed by atoms with E-state index in [4.69, 9.17) is 10.5 Å². The Morgan fingerprint density at radius 3 is 2.64 bits per heavy atom. The molecule has 136 valence electrons. The van der Waals surface area contributed by atoms with Crippen molar-refractivity contribution in [2.24, 2.45) is 5.92 Å². The number of nitrogens with zero attached hydrogens (tertiary/aromatic N) is 2. The second-order valence-electron chi connectivity index (χ2n) is 6.82. The van der Waals surface area contributed by atoms with Crippen molar-refractivity contribution in [3.63, 3.8) is 0 Å². The molecular weight excluding hydrogens is 318 g/mol. The van der Waals surface area contributed by atoms with Crippen LogP contribution in [0.1, 0.15) is 24.8 Å². The standard InChI is InChI=1S/C19H27N3O3/c20-17-6-2-1-4-15(17)7-8-18(23)22-9-3-5-16(14-22)19(24)21-10-12-25-13-11-21/h1-2,4,6,16H,3,5,7-14,20H2. The molecule has 6 nitrogen and oxygen atoms in total. The van der Waals surface area contributed by atoms with Gasteiger partial charge in [-0.05, 0) is 30.9 Å². The Morgan fingerprint density at radius 2 is 1.88 bits per heavy atom. The van der Waals surface area contributed by atoms with Crippen LogP contribution in [-0.2, 0) is 20.7 Å². The number of benzene rings is 1. The molecule has 0 bridgehead atoms. The van der Waals surface area contributed by atoms with Crippen molar-refractivity contribution >= 4 is 17.5 Å². The lowest BCUT2D eigenvalue weighted by molar-refractivity contribution is -0.144. The number of nitrogens with two attached hydrogens (primary N) is 1. The molecule has 1 unspecified atom stereocenters. The zero-order valence-corrected chi connectivity index (χ0v) is 14.7. The van der Waals surface area contributed by atoms with Crippen LogP contribution in [0.5, 0.6) is 0 Å². The molecule has 2 aliphatic heterocycles. The first-order valence-corrected chi connectivity index (χ1v) is 9.13. The Kier molecular flexibility index (Phi) is 5.91. The van der Waals surface area contributed by atoms with Crippen molar-refractivity contribution in [3.8, 4) is 0 Å². The Hall–Kier alpha value is -2.08. The summed E-state index contributed by atoms with van der Waals surface area (Å²) in [5.41, 5.74) is 7.68. The molecule has 2 fully saturated rings. The van der Waals surface area contributed by atoms with Crippen LogP contribution < -0.4 is 5.73 Å². The highest BCUT2D eigenvalue weighted by molar-refractivity contribution is 5.81. The van der Waals surface area contributed by atoms with Gasteiger partial charge in [0.15, 0.2) is 0 Å². The third kappa shape index (κ3) is 4.51. The van der Waals surface area contributed by atoms with Gasteiger partial charge >= 0.3 is 0 Å². The van der Waals surface area contributed by atoms with Gasteiger partial charge in [0.2, 0.25) is 11.8 Å². The van der Waals surface area contributed by atoms with Crippen LogP contribution in [0.3, 0.4) is 0 Å². The highest BCUT2D eigenvalue weighted by atomic mass is 16.5. The highest BCUT2D eigenvalue weighted by Crippen LogP contribution is 2.21. The summed E-state index contributed by atoms with van der Waals surface area (Å²) in [4.78, 5) is 29.0. The van der Waals surface area contributed by atoms with Crippen LogP contribution >= 0.6 is 0 Å². The van der Waals surface area contributed by atoms with Gasteiger partial charge in [-0.15, -0.1) is 0 Å². The molecule has 1 atom stereocenters. The molecule has 2 N–H and O–H groups in total. The number of aryl methyl sites for hydroxylation is 1. The van der Waals surface area contributed by atoms with E-state index in [0.29, 0.717) is 45.7 Å². The van der Waals surface area contributed by atoms with Crippen LogP contribution in [0.15, 0.2) is 24.3 Å². The van der Waals surface area contributed by atoms with Gasteiger partial charge in [0.25, 0.3) is 0 Å². The van der Waals surface area contributed by atoms with E-state index in [1.807, 2.05) is 34.1 Å². The molecule has 0 radical (unpaired) electrons. The number of piperidine rings is 1. The lowest BCUT2D eigenvalue weighted by atomic mass is 9.95. The fourth-order valence-electron chi connectivity index (χ4n) is 3.61. The number of para-hydroxylation sites is 1. The zero-order chi connectivity index (χ0) is 17.6. The number of amides is 2. The van der Waals surface area contributed by atoms with Crippen molar-refractivity contribution < 1.29 is 14.3 Å². The van der Waals surface area contributed by atoms with Gasteiger partial charge in [0.1, 0.15) is 0 Å². The van der Waals surface area contributed by atoms with Crippen molar-refractivity contribution in [1.82, 2.24) is 9.80 Å². The quantitative estimate of drug-likeness (QED) is 0.835. The Labute approximate surface area is 148 Å². The maximum atomic E-state index is 12.7. The summed E-state index contributed by atoms with van der Waals surface area (Å²) in [6, 6.07) is 7.66. The fraction of sp³-hybridized carbons (Fsp3) is 0.579. The van der Waals surface area contributed by atoms with Gasteiger partial charge in [-0.3, -0.25) is 9.59 Å². The average molecular weight is 345 g/mol. The summed E-state index contributed by atoms with van der Waals surface area (Å²) in [5.74, 6) is 0.216. The number of carbonyl (C=O) groups is 2. The number of hydrogen-bond acceptors (Lipinski definition) is 4. The summed E-state index contributed by atoms with van der Waals surface area (Å²) in [6.45, 7) is 3.83. The Morgan fingerprint density at radius 1 is 1.12 bits per heavy atom. The number of anilines is 1. The SMILES string of the molecule is Nc1ccccc1CCC(=O)N1CCCC(C(=O)N2CCOCC2)C1. The molecule has 1 aromatic rings. The van der Waals surface area contributed by atoms with E-state index in [2.05, 4.69) is 0 Å². The molecule has 0 aliphatic carbocycles. The highest BCUT2D eigenvalue weighted by Gasteiger charge is 2.31. The van der Waals surface area contributed by atoms with E-state index in [0.717, 1.165) is 30.6 Å². The van der Waals surface area contributed by atoms with Crippen molar-refractivity contribution in [2.75, 3.05) is 45.1 Å². The monoisotopic (exact) mass is 345 g/mol. The number of nitrogen functional groups attached to an aromatic ring is 1. The van der Waals surface area contributed by atoms with Gasteiger partial charge in [-0.25, -0.2) is 0 Å². The molecule has 3 rings (SSSR count). The van der Waals surface area contributed by atoms with Crippen LogP contribution in [0.25, 0.3) is 0 Å². The first-order chi connectivity index (χ1) is 12.1. The number of ether oxygens (including phenoxy) is 1. The minimum absolute atomic E-state index is 0.0717. The molecular formula is C19H27N3O3. The summed E-state index contributed by atoms with van der Waals surface area (Å²) in [6.07, 6.45) is 2.84. The molecule has 2 saturated heterocycles. The molecule has 2 aliphatic rings. The van der Waals surface area contributed by atoms with Gasteiger partial charge in [0, 0.05) is 38.3 Å². The predicted octanol–water partition coefficient (Wildman–Crippen LogP) is 1.30. The number of carbonyl (C=O) groups excluding carboxylic acids is 2. The maximum absolute atomic E-state index is 12.7. The molecule has 0 aromatic heterocycles. The normalized spacial score (nSPS) is 21.2. The largest absolute Gasteiger partial charge is 0.399 e. The molecule has 0 saturated carbocycles. The molecule has 6 heteroatoms. The average Bonchev–Trinajstić information content (AvgIpc) is 2.67. The first-order valence-electron chi connectivity index (χ1n) is 9.13. The van der Waals surface area contributed by atoms with Crippen LogP contribution in [0.4, 0.5) is 5.69 Å². The Balaban J connectivity index is 1.52. The topological polar surface area (TPSA) is 75.9 Å². The van der Waals surface area contributed by atoms with Gasteiger partial charge in [-0.2, -0.15) is 0 Å². The zero-order valence-electron chi connectivity index (χ0n) is 14.7. The summed E-state index contributed by atoms with van der Waals surface area (Å²) < 4.78 is 5.31. The minimum atomic E-state index is -0.0717. The van der Waals surface area contributed by atoms with Crippen molar-refractivity contribution in [1.29, 1.82) is 0 Å². The van der Waals surface area contributed by atoms with E-state index < -0.39 is 0 Å². The van der Waals surface area contributed by atoms with E-state index >= 15 is 0 Å². The lowest BCUT2D eigenvalue weighted by Crippen LogP contribution is -2.49. The van der Waals surface area contributed by atoms with E-state index in [-0.39, 0.29) is 17.7 Å². The number of hydrogen-bond donors (Lipinski definition) is 1. The van der Waals surface area contributed by atoms with Crippen molar-refractivity contribution in [2.45, 2.75) is 25.7 Å². The third-order valence-corrected chi connectivity index (χ3v) is 5.11. The molecule has 2 amide bonds. The lowest BCUT2D eigenvalue weighted by Gasteiger charge is -2.36. The molecule has 25 heavy (non-hydrogen) atoms. The minimum Gasteiger partial charge on any atom is -0.399 e. The number of morpholine rings is 1. The molecule has 1 aromatic carbocycles. The van der Waals surface area contributed by atoms with Gasteiger partial charge in [-0.1, -0.05) is 18.2 Å². The van der Waals surface area contributed by atoms with Crippen LogP contribution in [0.2, 0.25) is 0 Å². The Bertz CT molecular complexity index is 614. The summed E-state index contributed by atoms with van der Waals surface area (Å²) in [5, 5.41) is 0. The van der Waals surface area contributed by atoms with Gasteiger partial charge < -0.3 is 20.3 Å². The number of likely N-dealkylation sites (tertiary alicyclic amines) is 1. The first kappa shape index (κ1) is 17.7. The van der Waals surface area contributed by atoms with Crippen LogP contribution in [-0.4, -0.2) is 61.0 Å². The predicted molar refractivity (Wildman–Crippen MR) is 95.9 cm³/mol. The summed E-state index contributed by atoms with van der Waals surface area (Å²) >= 11 is 0. The van der Waals surface area contributed by atoms with Crippen LogP contribution in [0, 0.1) is 5.92 Å². The molecule has 2 heterocycles. The van der Waals surface area contributed by atoms with Crippen molar-refractivity contribution in [3.05, 3.63) is 29.8 Å². The molecule has 0 spiro atoms. The second kappa shape index (κ2) is 8.34. The second-order valence-corrected chi connectivity index (χ2v) is 6.82. The van der Waals surface area contributed by atoms with E-state index in [1.54, 1.807) is 0 Å². The van der Waals surface area contributed by atoms with Gasteiger partial charge in [0.05, 0.1) is 19.1 Å². The number of rotatable bonds is 4. The van der Waals surface area contributed by atoms with E-state index in [1.165, 1.54) is 0 Å². The summed E-state index contributed by atoms with van der Waals surface area (Å²) in [7, 11) is 0. The third-order valence-electron chi connectivity index (χ3n) is 5.11. The van der Waals surface area contributed by atoms with E-state index in [9.17, 15) is 9.59 Å². The smallest absolute Gasteiger partial charge is 0.227 e. The maximum Gasteiger partial charge on any atom is 0.227 e. The fourth-order valence-corrected chi connectivity index (χ4v) is 3.61.